The molecule has 3 rings (SSSR count). The van der Waals surface area contributed by atoms with E-state index in [0.29, 0.717) is 32.2 Å². The molecule has 1 aliphatic rings. The van der Waals surface area contributed by atoms with Crippen LogP contribution in [0, 0.1) is 5.92 Å². The molecule has 0 aliphatic heterocycles. The number of pyridine rings is 1. The molecule has 28 heavy (non-hydrogen) atoms. The summed E-state index contributed by atoms with van der Waals surface area (Å²) in [6.07, 6.45) is 2.74. The monoisotopic (exact) mass is 403 g/mol. The summed E-state index contributed by atoms with van der Waals surface area (Å²) in [7, 11) is -3.36. The van der Waals surface area contributed by atoms with Gasteiger partial charge in [0.2, 0.25) is 15.9 Å². The van der Waals surface area contributed by atoms with Crippen LogP contribution in [-0.4, -0.2) is 30.1 Å². The Labute approximate surface area is 167 Å². The normalized spacial score (nSPS) is 20.8. The van der Waals surface area contributed by atoms with Crippen molar-refractivity contribution in [1.82, 2.24) is 15.0 Å². The summed E-state index contributed by atoms with van der Waals surface area (Å²) in [5.41, 5.74) is 1.75. The van der Waals surface area contributed by atoms with E-state index in [0.717, 1.165) is 16.6 Å². The topological polar surface area (TPSA) is 88.2 Å². The standard InChI is InChI=1S/C21H29N3O3S/c1-21(2,3)28(26,27)24-17-11-9-16(10-12-17)20(25)22-14-18-13-8-15-6-4-5-7-19(15)23-18/h4-8,13,16-17,24H,9-12,14H2,1-3H3,(H,22,25)/t16-,17-. The molecule has 0 radical (unpaired) electrons. The molecule has 1 amide bonds. The summed E-state index contributed by atoms with van der Waals surface area (Å²) in [6.45, 7) is 5.47. The first kappa shape index (κ1) is 20.7. The fourth-order valence-electron chi connectivity index (χ4n) is 3.40. The smallest absolute Gasteiger partial charge is 0.223 e. The molecule has 1 fully saturated rings. The van der Waals surface area contributed by atoms with Gasteiger partial charge in [-0.3, -0.25) is 9.78 Å². The number of carbonyl (C=O) groups excluding carboxylic acids is 1. The summed E-state index contributed by atoms with van der Waals surface area (Å²) >= 11 is 0. The fourth-order valence-corrected chi connectivity index (χ4v) is 4.43. The summed E-state index contributed by atoms with van der Waals surface area (Å²) in [5, 5.41) is 4.06. The number of carbonyl (C=O) groups is 1. The van der Waals surface area contributed by atoms with Gasteiger partial charge in [-0.25, -0.2) is 13.1 Å². The average Bonchev–Trinajstić information content (AvgIpc) is 2.65. The second-order valence-electron chi connectivity index (χ2n) is 8.50. The van der Waals surface area contributed by atoms with Crippen LogP contribution in [0.5, 0.6) is 0 Å². The third-order valence-electron chi connectivity index (χ3n) is 5.33. The lowest BCUT2D eigenvalue weighted by atomic mass is 9.86. The number of nitrogens with zero attached hydrogens (tertiary/aromatic N) is 1. The van der Waals surface area contributed by atoms with Gasteiger partial charge in [-0.1, -0.05) is 24.3 Å². The van der Waals surface area contributed by atoms with Gasteiger partial charge in [0.15, 0.2) is 0 Å². The van der Waals surface area contributed by atoms with E-state index in [-0.39, 0.29) is 17.9 Å². The molecule has 2 aromatic rings. The minimum Gasteiger partial charge on any atom is -0.350 e. The van der Waals surface area contributed by atoms with Crippen molar-refractivity contribution in [3.8, 4) is 0 Å². The highest BCUT2D eigenvalue weighted by molar-refractivity contribution is 7.90. The van der Waals surface area contributed by atoms with Gasteiger partial charge in [-0.15, -0.1) is 0 Å². The third-order valence-corrected chi connectivity index (χ3v) is 7.58. The van der Waals surface area contributed by atoms with Gasteiger partial charge in [-0.2, -0.15) is 0 Å². The number of para-hydroxylation sites is 1. The summed E-state index contributed by atoms with van der Waals surface area (Å²) in [6, 6.07) is 11.7. The van der Waals surface area contributed by atoms with Crippen molar-refractivity contribution in [2.75, 3.05) is 0 Å². The molecule has 0 bridgehead atoms. The number of aromatic nitrogens is 1. The Balaban J connectivity index is 1.50. The lowest BCUT2D eigenvalue weighted by Gasteiger charge is -2.30. The maximum atomic E-state index is 12.5. The van der Waals surface area contributed by atoms with Gasteiger partial charge in [0.05, 0.1) is 22.5 Å². The Bertz CT molecular complexity index is 943. The van der Waals surface area contributed by atoms with Crippen molar-refractivity contribution in [2.45, 2.75) is 63.8 Å². The molecule has 0 saturated heterocycles. The van der Waals surface area contributed by atoms with Crippen LogP contribution in [0.25, 0.3) is 10.9 Å². The van der Waals surface area contributed by atoms with E-state index in [1.54, 1.807) is 20.8 Å². The van der Waals surface area contributed by atoms with Crippen LogP contribution in [0.2, 0.25) is 0 Å². The van der Waals surface area contributed by atoms with Crippen molar-refractivity contribution >= 4 is 26.8 Å². The highest BCUT2D eigenvalue weighted by Crippen LogP contribution is 2.26. The Kier molecular flexibility index (Phi) is 6.05. The molecule has 0 atom stereocenters. The minimum atomic E-state index is -3.36. The SMILES string of the molecule is CC(C)(C)S(=O)(=O)N[C@H]1CC[C@H](C(=O)NCc2ccc3ccccc3n2)CC1. The number of sulfonamides is 1. The van der Waals surface area contributed by atoms with Gasteiger partial charge >= 0.3 is 0 Å². The summed E-state index contributed by atoms with van der Waals surface area (Å²) in [4.78, 5) is 17.1. The van der Waals surface area contributed by atoms with Crippen LogP contribution < -0.4 is 10.0 Å². The first-order chi connectivity index (χ1) is 13.2. The van der Waals surface area contributed by atoms with Crippen LogP contribution in [0.4, 0.5) is 0 Å². The summed E-state index contributed by atoms with van der Waals surface area (Å²) in [5.74, 6) is -0.0528. The van der Waals surface area contributed by atoms with Crippen LogP contribution in [0.1, 0.15) is 52.1 Å². The number of fused-ring (bicyclic) bond motifs is 1. The molecule has 1 aromatic carbocycles. The van der Waals surface area contributed by atoms with Crippen molar-refractivity contribution in [3.05, 3.63) is 42.1 Å². The number of rotatable bonds is 5. The van der Waals surface area contributed by atoms with Gasteiger partial charge in [0.25, 0.3) is 0 Å². The van der Waals surface area contributed by atoms with Gasteiger partial charge in [-0.05, 0) is 58.6 Å². The zero-order valence-electron chi connectivity index (χ0n) is 16.7. The zero-order valence-corrected chi connectivity index (χ0v) is 17.6. The number of hydrogen-bond donors (Lipinski definition) is 2. The molecule has 1 saturated carbocycles. The number of hydrogen-bond acceptors (Lipinski definition) is 4. The zero-order chi connectivity index (χ0) is 20.4. The fraction of sp³-hybridized carbons (Fsp3) is 0.524. The van der Waals surface area contributed by atoms with E-state index in [1.807, 2.05) is 36.4 Å². The lowest BCUT2D eigenvalue weighted by Crippen LogP contribution is -2.46. The van der Waals surface area contributed by atoms with Crippen LogP contribution in [0.15, 0.2) is 36.4 Å². The molecule has 0 spiro atoms. The van der Waals surface area contributed by atoms with Gasteiger partial charge in [0.1, 0.15) is 0 Å². The molecular formula is C21H29N3O3S. The van der Waals surface area contributed by atoms with Crippen molar-refractivity contribution in [1.29, 1.82) is 0 Å². The highest BCUT2D eigenvalue weighted by atomic mass is 32.2. The number of benzene rings is 1. The van der Waals surface area contributed by atoms with Crippen LogP contribution >= 0.6 is 0 Å². The van der Waals surface area contributed by atoms with E-state index in [2.05, 4.69) is 15.0 Å². The highest BCUT2D eigenvalue weighted by Gasteiger charge is 2.34. The Hall–Kier alpha value is -1.99. The average molecular weight is 404 g/mol. The van der Waals surface area contributed by atoms with E-state index in [4.69, 9.17) is 0 Å². The van der Waals surface area contributed by atoms with Crippen molar-refractivity contribution < 1.29 is 13.2 Å². The Morgan fingerprint density at radius 2 is 1.75 bits per heavy atom. The van der Waals surface area contributed by atoms with Crippen LogP contribution in [-0.2, 0) is 21.4 Å². The van der Waals surface area contributed by atoms with E-state index in [9.17, 15) is 13.2 Å². The largest absolute Gasteiger partial charge is 0.350 e. The van der Waals surface area contributed by atoms with Crippen LogP contribution in [0.3, 0.4) is 0 Å². The molecular weight excluding hydrogens is 374 g/mol. The Morgan fingerprint density at radius 3 is 2.43 bits per heavy atom. The molecule has 2 N–H and O–H groups in total. The first-order valence-corrected chi connectivity index (χ1v) is 11.3. The predicted molar refractivity (Wildman–Crippen MR) is 111 cm³/mol. The van der Waals surface area contributed by atoms with Crippen molar-refractivity contribution in [3.63, 3.8) is 0 Å². The predicted octanol–water partition coefficient (Wildman–Crippen LogP) is 3.13. The van der Waals surface area contributed by atoms with E-state index < -0.39 is 14.8 Å². The van der Waals surface area contributed by atoms with E-state index in [1.165, 1.54) is 0 Å². The van der Waals surface area contributed by atoms with E-state index >= 15 is 0 Å². The molecule has 7 heteroatoms. The summed E-state index contributed by atoms with van der Waals surface area (Å²) < 4.78 is 26.6. The lowest BCUT2D eigenvalue weighted by molar-refractivity contribution is -0.126. The Morgan fingerprint density at radius 1 is 1.07 bits per heavy atom. The molecule has 1 aromatic heterocycles. The second-order valence-corrected chi connectivity index (χ2v) is 11.0. The quantitative estimate of drug-likeness (QED) is 0.803. The molecule has 1 aliphatic carbocycles. The molecule has 1 heterocycles. The maximum Gasteiger partial charge on any atom is 0.223 e. The maximum absolute atomic E-state index is 12.5. The molecule has 0 unspecified atom stereocenters. The molecule has 6 nitrogen and oxygen atoms in total. The first-order valence-electron chi connectivity index (χ1n) is 9.80. The van der Waals surface area contributed by atoms with Gasteiger partial charge < -0.3 is 5.32 Å². The second kappa shape index (κ2) is 8.17. The number of nitrogens with one attached hydrogen (secondary N) is 2. The third kappa shape index (κ3) is 4.89. The van der Waals surface area contributed by atoms with Crippen molar-refractivity contribution in [2.24, 2.45) is 5.92 Å². The molecule has 152 valence electrons. The minimum absolute atomic E-state index is 0.0205. The number of amides is 1. The van der Waals surface area contributed by atoms with Gasteiger partial charge in [0, 0.05) is 17.3 Å².